The van der Waals surface area contributed by atoms with Gasteiger partial charge in [-0.3, -0.25) is 4.84 Å². The van der Waals surface area contributed by atoms with Crippen LogP contribution in [0.15, 0.2) is 91.5 Å². The summed E-state index contributed by atoms with van der Waals surface area (Å²) in [7, 11) is 3.31. The zero-order valence-corrected chi connectivity index (χ0v) is 26.0. The number of rotatable bonds is 16. The summed E-state index contributed by atoms with van der Waals surface area (Å²) in [4.78, 5) is 5.53. The molecule has 4 rings (SSSR count). The van der Waals surface area contributed by atoms with Gasteiger partial charge in [-0.25, -0.2) is 0 Å². The summed E-state index contributed by atoms with van der Waals surface area (Å²) >= 11 is 0. The van der Waals surface area contributed by atoms with Crippen molar-refractivity contribution in [3.63, 3.8) is 0 Å². The number of methoxy groups -OCH3 is 2. The van der Waals surface area contributed by atoms with Crippen LogP contribution in [0.4, 0.5) is 0 Å². The molecule has 0 saturated carbocycles. The lowest BCUT2D eigenvalue weighted by molar-refractivity contribution is -0.249. The lowest BCUT2D eigenvalue weighted by Gasteiger charge is -2.44. The fourth-order valence-corrected chi connectivity index (χ4v) is 4.68. The maximum atomic E-state index is 6.60. The maximum Gasteiger partial charge on any atom is 0.133 e. The summed E-state index contributed by atoms with van der Waals surface area (Å²) in [6, 6.07) is 25.9. The molecule has 0 spiro atoms. The monoisotopic (exact) mass is 593 g/mol. The Balaban J connectivity index is 0.00000162. The molecule has 1 saturated heterocycles. The zero-order chi connectivity index (χ0) is 30.8. The van der Waals surface area contributed by atoms with Crippen molar-refractivity contribution < 1.29 is 33.3 Å². The van der Waals surface area contributed by atoms with Crippen LogP contribution in [0.2, 0.25) is 0 Å². The molecule has 2 unspecified atom stereocenters. The maximum absolute atomic E-state index is 6.60. The van der Waals surface area contributed by atoms with E-state index in [2.05, 4.69) is 24.2 Å². The topological polar surface area (TPSA) is 76.6 Å². The smallest absolute Gasteiger partial charge is 0.133 e. The second-order valence-electron chi connectivity index (χ2n) is 10.3. The van der Waals surface area contributed by atoms with E-state index in [1.54, 1.807) is 20.3 Å². The molecule has 0 aromatic heterocycles. The lowest BCUT2D eigenvalue weighted by Crippen LogP contribution is -2.56. The van der Waals surface area contributed by atoms with Gasteiger partial charge in [0.25, 0.3) is 0 Å². The Hall–Kier alpha value is -3.24. The molecule has 1 fully saturated rings. The predicted octanol–water partition coefficient (Wildman–Crippen LogP) is 6.63. The Kier molecular flexibility index (Phi) is 15.2. The molecule has 1 N–H and O–H groups in total. The summed E-state index contributed by atoms with van der Waals surface area (Å²) in [6.07, 6.45) is 2.56. The van der Waals surface area contributed by atoms with E-state index in [0.29, 0.717) is 52.5 Å². The largest absolute Gasteiger partial charge is 0.497 e. The first-order valence-corrected chi connectivity index (χ1v) is 14.7. The van der Waals surface area contributed by atoms with Gasteiger partial charge in [-0.05, 0) is 54.8 Å². The van der Waals surface area contributed by atoms with Crippen molar-refractivity contribution in [2.45, 2.75) is 64.4 Å². The summed E-state index contributed by atoms with van der Waals surface area (Å²) < 4.78 is 36.0. The van der Waals surface area contributed by atoms with Gasteiger partial charge >= 0.3 is 0 Å². The second-order valence-corrected chi connectivity index (χ2v) is 10.3. The highest BCUT2D eigenvalue weighted by Crippen LogP contribution is 2.32. The molecule has 8 nitrogen and oxygen atoms in total. The van der Waals surface area contributed by atoms with Crippen LogP contribution < -0.4 is 15.0 Å². The van der Waals surface area contributed by atoms with Crippen LogP contribution in [-0.4, -0.2) is 52.0 Å². The van der Waals surface area contributed by atoms with Crippen LogP contribution >= 0.6 is 0 Å². The third kappa shape index (κ3) is 12.1. The van der Waals surface area contributed by atoms with Gasteiger partial charge < -0.3 is 28.4 Å². The molecule has 3 aromatic rings. The Labute approximate surface area is 256 Å². The van der Waals surface area contributed by atoms with Crippen LogP contribution in [0.3, 0.4) is 0 Å². The number of hydrogen-bond acceptors (Lipinski definition) is 8. The summed E-state index contributed by atoms with van der Waals surface area (Å²) in [5, 5.41) is 0. The molecule has 2 atom stereocenters. The molecule has 234 valence electrons. The highest BCUT2D eigenvalue weighted by molar-refractivity contribution is 5.27. The van der Waals surface area contributed by atoms with Gasteiger partial charge in [0.15, 0.2) is 0 Å². The molecule has 43 heavy (non-hydrogen) atoms. The van der Waals surface area contributed by atoms with Crippen LogP contribution in [-0.2, 0) is 43.6 Å². The number of allylic oxidation sites excluding steroid dienone is 1. The van der Waals surface area contributed by atoms with E-state index in [4.69, 9.17) is 33.3 Å². The molecular weight excluding hydrogens is 546 g/mol. The normalized spacial score (nSPS) is 17.4. The van der Waals surface area contributed by atoms with Gasteiger partial charge in [-0.15, -0.1) is 6.58 Å². The molecule has 8 heteroatoms. The van der Waals surface area contributed by atoms with E-state index in [9.17, 15) is 0 Å². The average molecular weight is 594 g/mol. The van der Waals surface area contributed by atoms with Gasteiger partial charge in [0.05, 0.1) is 60.0 Å². The van der Waals surface area contributed by atoms with E-state index in [0.717, 1.165) is 28.2 Å². The summed E-state index contributed by atoms with van der Waals surface area (Å²) in [5.74, 6) is 1.62. The van der Waals surface area contributed by atoms with E-state index >= 15 is 0 Å². The minimum absolute atomic E-state index is 0.0823. The fraction of sp³-hybridized carbons (Fsp3) is 0.429. The first kappa shape index (κ1) is 34.3. The molecule has 1 aliphatic rings. The van der Waals surface area contributed by atoms with E-state index in [1.807, 2.05) is 80.6 Å². The zero-order valence-electron chi connectivity index (χ0n) is 26.0. The molecule has 0 radical (unpaired) electrons. The highest BCUT2D eigenvalue weighted by atomic mass is 16.7. The highest BCUT2D eigenvalue weighted by Gasteiger charge is 2.43. The van der Waals surface area contributed by atoms with Gasteiger partial charge in [0.2, 0.25) is 0 Å². The first-order valence-electron chi connectivity index (χ1n) is 14.7. The van der Waals surface area contributed by atoms with Gasteiger partial charge in [0.1, 0.15) is 23.3 Å². The van der Waals surface area contributed by atoms with Crippen LogP contribution in [0.5, 0.6) is 11.5 Å². The SMILES string of the molecule is C=CC.CCONC1CC(OCc2ccccc2)CC(COCc2ccc(OC)cc2)(COCc2ccc(OC)cc2)O1. The summed E-state index contributed by atoms with van der Waals surface area (Å²) in [6.45, 7) is 9.75. The Morgan fingerprint density at radius 1 is 0.814 bits per heavy atom. The van der Waals surface area contributed by atoms with Crippen molar-refractivity contribution in [3.8, 4) is 11.5 Å². The minimum atomic E-state index is -0.743. The fourth-order valence-electron chi connectivity index (χ4n) is 4.68. The third-order valence-electron chi connectivity index (χ3n) is 6.74. The molecule has 1 aliphatic heterocycles. The standard InChI is InChI=1S/C32H41NO7.C3H6/c1-4-39-33-31-18-30(38-22-25-8-6-5-7-9-25)19-32(40-31,23-36-20-26-10-14-28(34-2)15-11-26)24-37-21-27-12-16-29(35-3)17-13-27;1-3-2/h5-17,30-31,33H,4,18-24H2,1-3H3;3H,1H2,2H3. The van der Waals surface area contributed by atoms with Crippen molar-refractivity contribution in [2.24, 2.45) is 0 Å². The van der Waals surface area contributed by atoms with Crippen molar-refractivity contribution in [2.75, 3.05) is 34.0 Å². The van der Waals surface area contributed by atoms with Crippen LogP contribution in [0, 0.1) is 0 Å². The van der Waals surface area contributed by atoms with Crippen LogP contribution in [0.25, 0.3) is 0 Å². The molecule has 0 amide bonds. The van der Waals surface area contributed by atoms with Crippen molar-refractivity contribution in [3.05, 3.63) is 108 Å². The van der Waals surface area contributed by atoms with Crippen molar-refractivity contribution in [1.29, 1.82) is 0 Å². The number of nitrogens with one attached hydrogen (secondary N) is 1. The molecule has 0 aliphatic carbocycles. The molecule has 3 aromatic carbocycles. The molecule has 0 bridgehead atoms. The Bertz CT molecular complexity index is 1100. The minimum Gasteiger partial charge on any atom is -0.497 e. The summed E-state index contributed by atoms with van der Waals surface area (Å²) in [5.41, 5.74) is 5.53. The predicted molar refractivity (Wildman–Crippen MR) is 168 cm³/mol. The number of hydroxylamine groups is 1. The average Bonchev–Trinajstić information content (AvgIpc) is 3.04. The van der Waals surface area contributed by atoms with E-state index in [1.165, 1.54) is 0 Å². The Morgan fingerprint density at radius 3 is 1.81 bits per heavy atom. The van der Waals surface area contributed by atoms with E-state index < -0.39 is 5.60 Å². The second kappa shape index (κ2) is 19.1. The van der Waals surface area contributed by atoms with Crippen LogP contribution in [0.1, 0.15) is 43.4 Å². The first-order chi connectivity index (χ1) is 21.0. The Morgan fingerprint density at radius 2 is 1.33 bits per heavy atom. The number of benzene rings is 3. The van der Waals surface area contributed by atoms with Crippen molar-refractivity contribution in [1.82, 2.24) is 5.48 Å². The van der Waals surface area contributed by atoms with Crippen molar-refractivity contribution >= 4 is 0 Å². The number of ether oxygens (including phenoxy) is 6. The quantitative estimate of drug-likeness (QED) is 0.147. The van der Waals surface area contributed by atoms with Gasteiger partial charge in [-0.1, -0.05) is 60.7 Å². The van der Waals surface area contributed by atoms with Gasteiger partial charge in [0, 0.05) is 12.8 Å². The molecular formula is C35H47NO7. The van der Waals surface area contributed by atoms with E-state index in [-0.39, 0.29) is 12.3 Å². The van der Waals surface area contributed by atoms with Gasteiger partial charge in [-0.2, -0.15) is 5.48 Å². The lowest BCUT2D eigenvalue weighted by atomic mass is 9.92. The third-order valence-corrected chi connectivity index (χ3v) is 6.74. The molecule has 1 heterocycles. The number of hydrogen-bond donors (Lipinski definition) is 1.